The fourth-order valence-electron chi connectivity index (χ4n) is 5.58. The Kier molecular flexibility index (Phi) is 4.82. The fraction of sp³-hybridized carbons (Fsp3) is 0.842. The predicted molar refractivity (Wildman–Crippen MR) is 92.6 cm³/mol. The minimum Gasteiger partial charge on any atom is -0.480 e. The van der Waals surface area contributed by atoms with Crippen molar-refractivity contribution in [2.45, 2.75) is 71.4 Å². The van der Waals surface area contributed by atoms with E-state index in [0.717, 1.165) is 19.3 Å². The van der Waals surface area contributed by atoms with Crippen LogP contribution >= 0.6 is 0 Å². The summed E-state index contributed by atoms with van der Waals surface area (Å²) in [5.74, 6) is 0.398. The quantitative estimate of drug-likeness (QED) is 0.682. The number of carboxylic acid groups (broad SMARTS) is 1. The van der Waals surface area contributed by atoms with Gasteiger partial charge in [-0.1, -0.05) is 13.8 Å². The van der Waals surface area contributed by atoms with Crippen LogP contribution in [0.1, 0.15) is 59.3 Å². The average Bonchev–Trinajstić information content (AvgIpc) is 2.50. The number of carbonyl (C=O) groups excluding carboxylic acids is 2. The number of carbonyl (C=O) groups is 3. The fourth-order valence-corrected chi connectivity index (χ4v) is 5.58. The van der Waals surface area contributed by atoms with Crippen LogP contribution in [-0.4, -0.2) is 35.0 Å². The van der Waals surface area contributed by atoms with Gasteiger partial charge in [-0.15, -0.1) is 0 Å². The summed E-state index contributed by atoms with van der Waals surface area (Å²) in [4.78, 5) is 36.6. The van der Waals surface area contributed by atoms with Crippen LogP contribution in [0, 0.1) is 29.1 Å². The van der Waals surface area contributed by atoms with E-state index in [4.69, 9.17) is 5.11 Å². The summed E-state index contributed by atoms with van der Waals surface area (Å²) in [7, 11) is 0. The summed E-state index contributed by atoms with van der Waals surface area (Å²) in [6.45, 7) is 5.17. The highest BCUT2D eigenvalue weighted by Crippen LogP contribution is 2.60. The molecule has 0 aromatic rings. The summed E-state index contributed by atoms with van der Waals surface area (Å²) in [6, 6.07) is -1.66. The van der Waals surface area contributed by atoms with Crippen molar-refractivity contribution in [2.75, 3.05) is 0 Å². The molecule has 4 rings (SSSR count). The molecule has 6 heteroatoms. The maximum Gasteiger partial charge on any atom is 0.325 e. The van der Waals surface area contributed by atoms with Gasteiger partial charge in [0.05, 0.1) is 0 Å². The minimum atomic E-state index is -1.08. The zero-order valence-corrected chi connectivity index (χ0v) is 15.4. The Bertz CT molecular complexity index is 536. The van der Waals surface area contributed by atoms with E-state index < -0.39 is 24.0 Å². The lowest BCUT2D eigenvalue weighted by molar-refractivity contribution is -0.149. The van der Waals surface area contributed by atoms with E-state index in [1.54, 1.807) is 0 Å². The maximum atomic E-state index is 13.1. The van der Waals surface area contributed by atoms with Crippen molar-refractivity contribution < 1.29 is 19.5 Å². The molecule has 4 aliphatic carbocycles. The van der Waals surface area contributed by atoms with Crippen LogP contribution in [0.5, 0.6) is 0 Å². The van der Waals surface area contributed by atoms with E-state index >= 15 is 0 Å². The maximum absolute atomic E-state index is 13.1. The van der Waals surface area contributed by atoms with E-state index in [0.29, 0.717) is 17.8 Å². The van der Waals surface area contributed by atoms with Gasteiger partial charge in [0.15, 0.2) is 0 Å². The highest BCUT2D eigenvalue weighted by atomic mass is 16.4. The molecule has 2 atom stereocenters. The SMILES string of the molecule is CC(C)C(NC(=O)C12CC3CC(CC(C3)C1)C2)C(=O)N[C@@H](C)C(=O)O. The predicted octanol–water partition coefficient (Wildman–Crippen LogP) is 1.93. The minimum absolute atomic E-state index is 0.00317. The normalized spacial score (nSPS) is 35.3. The summed E-state index contributed by atoms with van der Waals surface area (Å²) >= 11 is 0. The molecule has 4 aliphatic rings. The van der Waals surface area contributed by atoms with Crippen molar-refractivity contribution in [3.05, 3.63) is 0 Å². The van der Waals surface area contributed by atoms with E-state index in [1.807, 2.05) is 13.8 Å². The first-order valence-electron chi connectivity index (χ1n) is 9.54. The van der Waals surface area contributed by atoms with Gasteiger partial charge in [0.1, 0.15) is 12.1 Å². The van der Waals surface area contributed by atoms with Gasteiger partial charge in [-0.3, -0.25) is 14.4 Å². The molecule has 0 aliphatic heterocycles. The van der Waals surface area contributed by atoms with Gasteiger partial charge in [-0.2, -0.15) is 0 Å². The molecular formula is C19H30N2O4. The third-order valence-corrected chi connectivity index (χ3v) is 6.48. The van der Waals surface area contributed by atoms with Crippen molar-refractivity contribution >= 4 is 17.8 Å². The Morgan fingerprint density at radius 1 is 0.920 bits per heavy atom. The lowest BCUT2D eigenvalue weighted by Crippen LogP contribution is -2.59. The van der Waals surface area contributed by atoms with Crippen molar-refractivity contribution in [3.8, 4) is 0 Å². The molecule has 3 N–H and O–H groups in total. The molecule has 0 radical (unpaired) electrons. The molecule has 25 heavy (non-hydrogen) atoms. The van der Waals surface area contributed by atoms with E-state index in [1.165, 1.54) is 26.2 Å². The second-order valence-corrected chi connectivity index (χ2v) is 8.96. The van der Waals surface area contributed by atoms with Crippen molar-refractivity contribution in [2.24, 2.45) is 29.1 Å². The third kappa shape index (κ3) is 3.53. The molecule has 0 aromatic carbocycles. The average molecular weight is 350 g/mol. The van der Waals surface area contributed by atoms with Gasteiger partial charge in [-0.25, -0.2) is 0 Å². The number of rotatable bonds is 6. The molecule has 0 aromatic heterocycles. The number of hydrogen-bond acceptors (Lipinski definition) is 3. The molecule has 0 saturated heterocycles. The smallest absolute Gasteiger partial charge is 0.325 e. The zero-order valence-electron chi connectivity index (χ0n) is 15.4. The summed E-state index contributed by atoms with van der Waals surface area (Å²) < 4.78 is 0. The van der Waals surface area contributed by atoms with Gasteiger partial charge in [0.2, 0.25) is 11.8 Å². The van der Waals surface area contributed by atoms with E-state index in [-0.39, 0.29) is 17.2 Å². The van der Waals surface area contributed by atoms with Crippen LogP contribution < -0.4 is 10.6 Å². The van der Waals surface area contributed by atoms with Crippen LogP contribution in [0.15, 0.2) is 0 Å². The van der Waals surface area contributed by atoms with Crippen LogP contribution in [0.2, 0.25) is 0 Å². The Balaban J connectivity index is 1.69. The van der Waals surface area contributed by atoms with Gasteiger partial charge in [0.25, 0.3) is 0 Å². The topological polar surface area (TPSA) is 95.5 Å². The lowest BCUT2D eigenvalue weighted by atomic mass is 9.49. The van der Waals surface area contributed by atoms with Crippen LogP contribution in [0.4, 0.5) is 0 Å². The molecule has 140 valence electrons. The Morgan fingerprint density at radius 2 is 1.40 bits per heavy atom. The van der Waals surface area contributed by atoms with E-state index in [2.05, 4.69) is 10.6 Å². The first-order valence-corrected chi connectivity index (χ1v) is 9.54. The summed E-state index contributed by atoms with van der Waals surface area (Å²) in [5, 5.41) is 14.4. The molecule has 4 saturated carbocycles. The lowest BCUT2D eigenvalue weighted by Gasteiger charge is -2.55. The first-order chi connectivity index (χ1) is 11.7. The highest BCUT2D eigenvalue weighted by Gasteiger charge is 2.55. The van der Waals surface area contributed by atoms with Crippen LogP contribution in [-0.2, 0) is 14.4 Å². The van der Waals surface area contributed by atoms with Crippen molar-refractivity contribution in [1.82, 2.24) is 10.6 Å². The zero-order chi connectivity index (χ0) is 18.4. The molecule has 2 amide bonds. The second kappa shape index (κ2) is 6.61. The molecule has 4 bridgehead atoms. The number of aliphatic carboxylic acids is 1. The largest absolute Gasteiger partial charge is 0.480 e. The molecular weight excluding hydrogens is 320 g/mol. The third-order valence-electron chi connectivity index (χ3n) is 6.48. The van der Waals surface area contributed by atoms with Crippen LogP contribution in [0.25, 0.3) is 0 Å². The number of amides is 2. The van der Waals surface area contributed by atoms with Gasteiger partial charge in [-0.05, 0) is 69.1 Å². The monoisotopic (exact) mass is 350 g/mol. The molecule has 1 unspecified atom stereocenters. The summed E-state index contributed by atoms with van der Waals surface area (Å²) in [5.41, 5.74) is -0.305. The Hall–Kier alpha value is -1.59. The summed E-state index contributed by atoms with van der Waals surface area (Å²) in [6.07, 6.45) is 6.62. The standard InChI is InChI=1S/C19H30N2O4/c1-10(2)15(16(22)20-11(3)17(23)24)21-18(25)19-7-12-4-13(8-19)6-14(5-12)9-19/h10-15H,4-9H2,1-3H3,(H,20,22)(H,21,25)(H,23,24)/t11-,12?,13?,14?,15?,19?/m0/s1. The first kappa shape index (κ1) is 18.2. The molecule has 0 spiro atoms. The second-order valence-electron chi connectivity index (χ2n) is 8.96. The molecule has 6 nitrogen and oxygen atoms in total. The van der Waals surface area contributed by atoms with Gasteiger partial charge in [0, 0.05) is 5.41 Å². The van der Waals surface area contributed by atoms with Gasteiger partial charge >= 0.3 is 5.97 Å². The molecule has 0 heterocycles. The number of hydrogen-bond donors (Lipinski definition) is 3. The Morgan fingerprint density at radius 3 is 1.80 bits per heavy atom. The van der Waals surface area contributed by atoms with Crippen molar-refractivity contribution in [3.63, 3.8) is 0 Å². The van der Waals surface area contributed by atoms with Gasteiger partial charge < -0.3 is 15.7 Å². The van der Waals surface area contributed by atoms with Crippen LogP contribution in [0.3, 0.4) is 0 Å². The number of nitrogens with one attached hydrogen (secondary N) is 2. The highest BCUT2D eigenvalue weighted by molar-refractivity contribution is 5.92. The number of carboxylic acids is 1. The molecule has 4 fully saturated rings. The Labute approximate surface area is 149 Å². The van der Waals surface area contributed by atoms with Crippen molar-refractivity contribution in [1.29, 1.82) is 0 Å². The van der Waals surface area contributed by atoms with E-state index in [9.17, 15) is 14.4 Å².